The van der Waals surface area contributed by atoms with Crippen molar-refractivity contribution in [2.75, 3.05) is 5.32 Å². The van der Waals surface area contributed by atoms with E-state index in [0.717, 1.165) is 27.0 Å². The van der Waals surface area contributed by atoms with E-state index in [1.165, 1.54) is 22.2 Å². The van der Waals surface area contributed by atoms with Crippen LogP contribution in [0.5, 0.6) is 0 Å². The SMILES string of the molecule is Cc1cccc(C)c1NC(=O)[C@@H](C)n1cnc2c(sc3ncccc32)c1=O. The molecule has 4 rings (SSSR count). The highest BCUT2D eigenvalue weighted by Crippen LogP contribution is 2.28. The number of benzene rings is 1. The number of para-hydroxylation sites is 1. The van der Waals surface area contributed by atoms with E-state index in [4.69, 9.17) is 0 Å². The van der Waals surface area contributed by atoms with Crippen molar-refractivity contribution in [1.29, 1.82) is 0 Å². The van der Waals surface area contributed by atoms with Gasteiger partial charge in [0.1, 0.15) is 15.6 Å². The van der Waals surface area contributed by atoms with Crippen LogP contribution >= 0.6 is 11.3 Å². The number of aryl methyl sites for hydroxylation is 2. The molecule has 4 aromatic rings. The highest BCUT2D eigenvalue weighted by molar-refractivity contribution is 7.25. The van der Waals surface area contributed by atoms with E-state index in [9.17, 15) is 9.59 Å². The van der Waals surface area contributed by atoms with Crippen LogP contribution < -0.4 is 10.9 Å². The lowest BCUT2D eigenvalue weighted by atomic mass is 10.1. The van der Waals surface area contributed by atoms with Gasteiger partial charge in [-0.25, -0.2) is 9.97 Å². The van der Waals surface area contributed by atoms with Gasteiger partial charge >= 0.3 is 0 Å². The number of pyridine rings is 1. The zero-order chi connectivity index (χ0) is 19.1. The molecule has 0 aliphatic carbocycles. The summed E-state index contributed by atoms with van der Waals surface area (Å²) in [6.07, 6.45) is 3.13. The number of aromatic nitrogens is 3. The Morgan fingerprint density at radius 1 is 1.15 bits per heavy atom. The Labute approximate surface area is 159 Å². The van der Waals surface area contributed by atoms with E-state index in [0.29, 0.717) is 10.2 Å². The van der Waals surface area contributed by atoms with Crippen molar-refractivity contribution in [1.82, 2.24) is 14.5 Å². The molecule has 3 aromatic heterocycles. The van der Waals surface area contributed by atoms with Gasteiger partial charge in [0, 0.05) is 17.3 Å². The smallest absolute Gasteiger partial charge is 0.272 e. The number of nitrogens with zero attached hydrogens (tertiary/aromatic N) is 3. The van der Waals surface area contributed by atoms with Crippen molar-refractivity contribution >= 4 is 43.4 Å². The Kier molecular flexibility index (Phi) is 4.24. The third kappa shape index (κ3) is 2.90. The van der Waals surface area contributed by atoms with Crippen molar-refractivity contribution in [3.8, 4) is 0 Å². The normalized spacial score (nSPS) is 12.4. The Bertz CT molecular complexity index is 1220. The fourth-order valence-corrected chi connectivity index (χ4v) is 4.16. The van der Waals surface area contributed by atoms with Gasteiger partial charge < -0.3 is 5.32 Å². The average molecular weight is 378 g/mol. The molecule has 0 aliphatic heterocycles. The molecule has 0 fully saturated rings. The molecule has 0 radical (unpaired) electrons. The molecule has 0 saturated carbocycles. The lowest BCUT2D eigenvalue weighted by Crippen LogP contribution is -2.31. The summed E-state index contributed by atoms with van der Waals surface area (Å²) in [7, 11) is 0. The van der Waals surface area contributed by atoms with Crippen LogP contribution in [0.25, 0.3) is 20.4 Å². The van der Waals surface area contributed by atoms with Crippen molar-refractivity contribution in [2.45, 2.75) is 26.8 Å². The highest BCUT2D eigenvalue weighted by Gasteiger charge is 2.20. The van der Waals surface area contributed by atoms with Crippen LogP contribution in [-0.4, -0.2) is 20.4 Å². The number of fused-ring (bicyclic) bond motifs is 3. The van der Waals surface area contributed by atoms with Crippen molar-refractivity contribution in [3.63, 3.8) is 0 Å². The average Bonchev–Trinajstić information content (AvgIpc) is 3.04. The van der Waals surface area contributed by atoms with Crippen LogP contribution in [0.15, 0.2) is 47.7 Å². The minimum absolute atomic E-state index is 0.229. The molecule has 0 aliphatic rings. The second-order valence-corrected chi connectivity index (χ2v) is 7.52. The third-order valence-corrected chi connectivity index (χ3v) is 5.80. The monoisotopic (exact) mass is 378 g/mol. The van der Waals surface area contributed by atoms with Crippen LogP contribution in [0.3, 0.4) is 0 Å². The second kappa shape index (κ2) is 6.59. The summed E-state index contributed by atoms with van der Waals surface area (Å²) in [6, 6.07) is 8.86. The Hall–Kier alpha value is -3.06. The quantitative estimate of drug-likeness (QED) is 0.588. The Morgan fingerprint density at radius 2 is 1.89 bits per heavy atom. The number of amides is 1. The molecule has 6 nitrogen and oxygen atoms in total. The zero-order valence-electron chi connectivity index (χ0n) is 15.2. The van der Waals surface area contributed by atoms with E-state index in [2.05, 4.69) is 15.3 Å². The van der Waals surface area contributed by atoms with Gasteiger partial charge in [-0.1, -0.05) is 18.2 Å². The van der Waals surface area contributed by atoms with Crippen LogP contribution in [-0.2, 0) is 4.79 Å². The fourth-order valence-electron chi connectivity index (χ4n) is 3.12. The van der Waals surface area contributed by atoms with E-state index in [1.54, 1.807) is 13.1 Å². The summed E-state index contributed by atoms with van der Waals surface area (Å²) in [5, 5.41) is 3.80. The summed E-state index contributed by atoms with van der Waals surface area (Å²) < 4.78 is 1.89. The van der Waals surface area contributed by atoms with Gasteiger partial charge in [-0.3, -0.25) is 14.2 Å². The topological polar surface area (TPSA) is 76.9 Å². The minimum atomic E-state index is -0.688. The van der Waals surface area contributed by atoms with Crippen LogP contribution in [0, 0.1) is 13.8 Å². The first-order valence-corrected chi connectivity index (χ1v) is 9.40. The summed E-state index contributed by atoms with van der Waals surface area (Å²) in [5.41, 5.74) is 3.14. The zero-order valence-corrected chi connectivity index (χ0v) is 16.0. The first-order valence-electron chi connectivity index (χ1n) is 8.59. The Balaban J connectivity index is 1.73. The molecule has 27 heavy (non-hydrogen) atoms. The summed E-state index contributed by atoms with van der Waals surface area (Å²) >= 11 is 1.30. The lowest BCUT2D eigenvalue weighted by molar-refractivity contribution is -0.118. The number of rotatable bonds is 3. The van der Waals surface area contributed by atoms with E-state index in [1.807, 2.05) is 44.2 Å². The number of thiophene rings is 1. The second-order valence-electron chi connectivity index (χ2n) is 6.52. The molecule has 1 atom stereocenters. The van der Waals surface area contributed by atoms with Crippen molar-refractivity contribution in [2.24, 2.45) is 0 Å². The molecule has 1 amide bonds. The van der Waals surface area contributed by atoms with Crippen LogP contribution in [0.2, 0.25) is 0 Å². The molecule has 7 heteroatoms. The highest BCUT2D eigenvalue weighted by atomic mass is 32.1. The van der Waals surface area contributed by atoms with Gasteiger partial charge in [-0.15, -0.1) is 11.3 Å². The maximum absolute atomic E-state index is 13.0. The molecule has 1 N–H and O–H groups in total. The molecule has 0 bridgehead atoms. The van der Waals surface area contributed by atoms with Gasteiger partial charge in [-0.2, -0.15) is 0 Å². The maximum Gasteiger partial charge on any atom is 0.272 e. The first-order chi connectivity index (χ1) is 13.0. The van der Waals surface area contributed by atoms with Gasteiger partial charge in [0.25, 0.3) is 5.56 Å². The molecular formula is C20H18N4O2S. The molecule has 136 valence electrons. The third-order valence-electron chi connectivity index (χ3n) is 4.71. The van der Waals surface area contributed by atoms with Gasteiger partial charge in [-0.05, 0) is 44.0 Å². The van der Waals surface area contributed by atoms with Gasteiger partial charge in [0.15, 0.2) is 0 Å². The molecule has 1 aromatic carbocycles. The van der Waals surface area contributed by atoms with Gasteiger partial charge in [0.2, 0.25) is 5.91 Å². The largest absolute Gasteiger partial charge is 0.324 e. The van der Waals surface area contributed by atoms with E-state index in [-0.39, 0.29) is 11.5 Å². The number of hydrogen-bond acceptors (Lipinski definition) is 5. The number of hydrogen-bond donors (Lipinski definition) is 1. The maximum atomic E-state index is 13.0. The Morgan fingerprint density at radius 3 is 2.63 bits per heavy atom. The number of carbonyl (C=O) groups is 1. The van der Waals surface area contributed by atoms with E-state index < -0.39 is 6.04 Å². The predicted molar refractivity (Wildman–Crippen MR) is 108 cm³/mol. The number of carbonyl (C=O) groups excluding carboxylic acids is 1. The molecule has 0 unspecified atom stereocenters. The standard InChI is InChI=1S/C20H18N4O2S/c1-11-6-4-7-12(2)15(11)23-18(25)13(3)24-10-22-16-14-8-5-9-21-19(14)27-17(16)20(24)26/h4-10,13H,1-3H3,(H,23,25)/t13-/m1/s1. The van der Waals surface area contributed by atoms with Crippen LogP contribution in [0.1, 0.15) is 24.1 Å². The molecule has 0 saturated heterocycles. The summed E-state index contributed by atoms with van der Waals surface area (Å²) in [4.78, 5) is 35.2. The summed E-state index contributed by atoms with van der Waals surface area (Å²) in [5.74, 6) is -0.255. The summed E-state index contributed by atoms with van der Waals surface area (Å²) in [6.45, 7) is 5.58. The number of anilines is 1. The molecular weight excluding hydrogens is 360 g/mol. The van der Waals surface area contributed by atoms with E-state index >= 15 is 0 Å². The predicted octanol–water partition coefficient (Wildman–Crippen LogP) is 3.82. The minimum Gasteiger partial charge on any atom is -0.324 e. The molecule has 0 spiro atoms. The van der Waals surface area contributed by atoms with Crippen LogP contribution in [0.4, 0.5) is 5.69 Å². The molecule has 3 heterocycles. The van der Waals surface area contributed by atoms with Crippen molar-refractivity contribution in [3.05, 3.63) is 64.3 Å². The van der Waals surface area contributed by atoms with Crippen molar-refractivity contribution < 1.29 is 4.79 Å². The van der Waals surface area contributed by atoms with Gasteiger partial charge in [0.05, 0.1) is 11.8 Å². The first kappa shape index (κ1) is 17.4. The number of nitrogens with one attached hydrogen (secondary N) is 1. The lowest BCUT2D eigenvalue weighted by Gasteiger charge is -2.17. The fraction of sp³-hybridized carbons (Fsp3) is 0.200.